The summed E-state index contributed by atoms with van der Waals surface area (Å²) in [7, 11) is 0. The van der Waals surface area contributed by atoms with E-state index in [4.69, 9.17) is 5.11 Å². The van der Waals surface area contributed by atoms with Crippen molar-refractivity contribution < 1.29 is 5.11 Å². The van der Waals surface area contributed by atoms with Crippen LogP contribution in [0, 0.1) is 0 Å². The molecule has 0 aliphatic rings. The number of hydrogen-bond acceptors (Lipinski definition) is 2. The maximum absolute atomic E-state index is 8.91. The fourth-order valence-electron chi connectivity index (χ4n) is 0.408. The number of pyridine rings is 1. The van der Waals surface area contributed by atoms with E-state index in [0.717, 1.165) is 0 Å². The predicted octanol–water partition coefficient (Wildman–Crippen LogP) is 2.31. The molecule has 1 rings (SSSR count). The average Bonchev–Trinajstić information content (AvgIpc) is 1.80. The van der Waals surface area contributed by atoms with Gasteiger partial charge in [0.2, 0.25) is 5.88 Å². The molecule has 0 aliphatic heterocycles. The molecule has 0 unspecified atom stereocenters. The highest BCUT2D eigenvalue weighted by Gasteiger charge is 1.96. The largest absolute Gasteiger partial charge is 0.492 e. The van der Waals surface area contributed by atoms with E-state index in [9.17, 15) is 0 Å². The van der Waals surface area contributed by atoms with Crippen LogP contribution in [0.3, 0.4) is 0 Å². The Kier molecular flexibility index (Phi) is 2.08. The van der Waals surface area contributed by atoms with Crippen molar-refractivity contribution in [1.29, 1.82) is 0 Å². The lowest BCUT2D eigenvalue weighted by Crippen LogP contribution is -1.75. The predicted molar refractivity (Wildman–Crippen MR) is 41.3 cm³/mol. The first-order valence-corrected chi connectivity index (χ1v) is 3.80. The van der Waals surface area contributed by atoms with Gasteiger partial charge in [0.05, 0.1) is 4.47 Å². The molecule has 0 bridgehead atoms. The van der Waals surface area contributed by atoms with Crippen LogP contribution in [0.4, 0.5) is 0 Å². The van der Waals surface area contributed by atoms with Gasteiger partial charge in [-0.2, -0.15) is 0 Å². The Morgan fingerprint density at radius 1 is 1.33 bits per heavy atom. The van der Waals surface area contributed by atoms with Gasteiger partial charge in [0, 0.05) is 0 Å². The maximum Gasteiger partial charge on any atom is 0.226 e. The quantitative estimate of drug-likeness (QED) is 0.719. The molecule has 0 saturated carbocycles. The fourth-order valence-corrected chi connectivity index (χ4v) is 0.929. The first kappa shape index (κ1) is 7.02. The Labute approximate surface area is 69.2 Å². The smallest absolute Gasteiger partial charge is 0.226 e. The summed E-state index contributed by atoms with van der Waals surface area (Å²) in [6.45, 7) is 0. The van der Waals surface area contributed by atoms with Crippen molar-refractivity contribution in [2.24, 2.45) is 0 Å². The molecule has 48 valence electrons. The molecule has 1 aromatic rings. The van der Waals surface area contributed by atoms with Crippen LogP contribution in [0.5, 0.6) is 5.88 Å². The third-order valence-electron chi connectivity index (χ3n) is 0.794. The van der Waals surface area contributed by atoms with Crippen molar-refractivity contribution in [3.63, 3.8) is 0 Å². The number of rotatable bonds is 0. The Balaban J connectivity index is 3.17. The highest BCUT2D eigenvalue weighted by atomic mass is 79.9. The molecule has 0 aliphatic carbocycles. The summed E-state index contributed by atoms with van der Waals surface area (Å²) in [5.74, 6) is 0.00405. The Bertz CT molecular complexity index is 226. The minimum Gasteiger partial charge on any atom is -0.492 e. The Morgan fingerprint density at radius 3 is 2.44 bits per heavy atom. The standard InChI is InChI=1S/C5H3Br2NO/c6-3-1-2-4(7)8-5(3)9/h1-2H,(H,8,9). The zero-order valence-corrected chi connectivity index (χ0v) is 7.48. The van der Waals surface area contributed by atoms with Crippen LogP contribution < -0.4 is 0 Å². The summed E-state index contributed by atoms with van der Waals surface area (Å²) < 4.78 is 1.23. The number of nitrogens with zero attached hydrogens (tertiary/aromatic N) is 1. The molecule has 1 heterocycles. The van der Waals surface area contributed by atoms with Crippen molar-refractivity contribution in [2.75, 3.05) is 0 Å². The van der Waals surface area contributed by atoms with Crippen molar-refractivity contribution in [2.45, 2.75) is 0 Å². The van der Waals surface area contributed by atoms with Gasteiger partial charge in [-0.15, -0.1) is 0 Å². The number of halogens is 2. The molecular weight excluding hydrogens is 250 g/mol. The molecule has 0 aromatic carbocycles. The van der Waals surface area contributed by atoms with E-state index < -0.39 is 0 Å². The minimum absolute atomic E-state index is 0.00405. The number of aromatic nitrogens is 1. The van der Waals surface area contributed by atoms with Crippen LogP contribution in [0.25, 0.3) is 0 Å². The van der Waals surface area contributed by atoms with E-state index in [1.54, 1.807) is 12.1 Å². The number of aromatic hydroxyl groups is 1. The van der Waals surface area contributed by atoms with Crippen LogP contribution in [0.2, 0.25) is 0 Å². The van der Waals surface area contributed by atoms with Gasteiger partial charge in [0.1, 0.15) is 4.60 Å². The second kappa shape index (κ2) is 2.66. The normalized spacial score (nSPS) is 9.56. The number of hydrogen-bond donors (Lipinski definition) is 1. The van der Waals surface area contributed by atoms with Gasteiger partial charge in [-0.3, -0.25) is 0 Å². The van der Waals surface area contributed by atoms with Gasteiger partial charge in [-0.05, 0) is 44.0 Å². The van der Waals surface area contributed by atoms with Crippen molar-refractivity contribution in [3.05, 3.63) is 21.2 Å². The minimum atomic E-state index is 0.00405. The highest BCUT2D eigenvalue weighted by Crippen LogP contribution is 2.22. The van der Waals surface area contributed by atoms with Crippen molar-refractivity contribution in [3.8, 4) is 5.88 Å². The van der Waals surface area contributed by atoms with Crippen LogP contribution in [0.15, 0.2) is 21.2 Å². The second-order valence-electron chi connectivity index (χ2n) is 1.44. The van der Waals surface area contributed by atoms with Gasteiger partial charge in [-0.1, -0.05) is 0 Å². The molecule has 0 fully saturated rings. The van der Waals surface area contributed by atoms with E-state index in [0.29, 0.717) is 9.08 Å². The molecule has 0 radical (unpaired) electrons. The summed E-state index contributed by atoms with van der Waals surface area (Å²) in [5.41, 5.74) is 0. The van der Waals surface area contributed by atoms with Crippen LogP contribution in [-0.4, -0.2) is 10.1 Å². The highest BCUT2D eigenvalue weighted by molar-refractivity contribution is 9.11. The van der Waals surface area contributed by atoms with Crippen molar-refractivity contribution >= 4 is 31.9 Å². The molecule has 2 nitrogen and oxygen atoms in total. The van der Waals surface area contributed by atoms with Gasteiger partial charge in [-0.25, -0.2) is 4.98 Å². The van der Waals surface area contributed by atoms with E-state index in [1.807, 2.05) is 0 Å². The summed E-state index contributed by atoms with van der Waals surface area (Å²) in [5, 5.41) is 8.91. The zero-order chi connectivity index (χ0) is 6.85. The van der Waals surface area contributed by atoms with Crippen LogP contribution in [-0.2, 0) is 0 Å². The molecule has 0 saturated heterocycles. The molecular formula is C5H3Br2NO. The Morgan fingerprint density at radius 2 is 2.00 bits per heavy atom. The van der Waals surface area contributed by atoms with Gasteiger partial charge < -0.3 is 5.11 Å². The van der Waals surface area contributed by atoms with Gasteiger partial charge in [0.25, 0.3) is 0 Å². The summed E-state index contributed by atoms with van der Waals surface area (Å²) >= 11 is 6.20. The van der Waals surface area contributed by atoms with Crippen LogP contribution >= 0.6 is 31.9 Å². The third kappa shape index (κ3) is 1.66. The van der Waals surface area contributed by atoms with E-state index in [1.165, 1.54) is 0 Å². The zero-order valence-electron chi connectivity index (χ0n) is 4.31. The molecule has 4 heteroatoms. The summed E-state index contributed by atoms with van der Waals surface area (Å²) in [4.78, 5) is 3.70. The summed E-state index contributed by atoms with van der Waals surface area (Å²) in [6, 6.07) is 3.45. The molecule has 9 heavy (non-hydrogen) atoms. The average molecular weight is 253 g/mol. The van der Waals surface area contributed by atoms with E-state index in [-0.39, 0.29) is 5.88 Å². The lowest BCUT2D eigenvalue weighted by molar-refractivity contribution is 0.448. The lowest BCUT2D eigenvalue weighted by atomic mass is 10.5. The first-order chi connectivity index (χ1) is 4.20. The lowest BCUT2D eigenvalue weighted by Gasteiger charge is -1.93. The molecule has 0 amide bonds. The van der Waals surface area contributed by atoms with E-state index >= 15 is 0 Å². The third-order valence-corrected chi connectivity index (χ3v) is 1.85. The SMILES string of the molecule is Oc1nc(Br)ccc1Br. The van der Waals surface area contributed by atoms with Gasteiger partial charge in [0.15, 0.2) is 0 Å². The second-order valence-corrected chi connectivity index (χ2v) is 3.11. The molecule has 0 spiro atoms. The molecule has 0 atom stereocenters. The summed E-state index contributed by atoms with van der Waals surface area (Å²) in [6.07, 6.45) is 0. The van der Waals surface area contributed by atoms with E-state index in [2.05, 4.69) is 36.8 Å². The fraction of sp³-hybridized carbons (Fsp3) is 0. The Hall–Kier alpha value is -0.0900. The molecule has 1 N–H and O–H groups in total. The van der Waals surface area contributed by atoms with Gasteiger partial charge >= 0.3 is 0 Å². The maximum atomic E-state index is 8.91. The monoisotopic (exact) mass is 251 g/mol. The van der Waals surface area contributed by atoms with Crippen LogP contribution in [0.1, 0.15) is 0 Å². The topological polar surface area (TPSA) is 33.1 Å². The first-order valence-electron chi connectivity index (χ1n) is 2.21. The van der Waals surface area contributed by atoms with Crippen molar-refractivity contribution in [1.82, 2.24) is 4.98 Å². The molecule has 1 aromatic heterocycles.